The maximum atomic E-state index is 14.6. The van der Waals surface area contributed by atoms with Crippen LogP contribution in [-0.4, -0.2) is 129 Å². The molecule has 0 aromatic carbocycles. The summed E-state index contributed by atoms with van der Waals surface area (Å²) in [6, 6.07) is 5.63. The Morgan fingerprint density at radius 2 is 1.37 bits per heavy atom. The minimum atomic E-state index is -2.89. The van der Waals surface area contributed by atoms with Crippen LogP contribution in [0.15, 0.2) is 42.9 Å². The molecule has 4 bridgehead atoms. The molecule has 2 aromatic rings. The molecule has 13 atom stereocenters. The van der Waals surface area contributed by atoms with Gasteiger partial charge in [-0.3, -0.25) is 38.7 Å². The molecular formula is C42H48N2O18. The number of rotatable bonds is 8. The molecular weight excluding hydrogens is 820 g/mol. The van der Waals surface area contributed by atoms with Crippen molar-refractivity contribution in [1.82, 2.24) is 9.97 Å². The molecule has 4 heterocycles. The van der Waals surface area contributed by atoms with Crippen molar-refractivity contribution in [3.05, 3.63) is 59.7 Å². The minimum Gasteiger partial charge on any atom is -0.465 e. The molecule has 3 fully saturated rings. The third-order valence-corrected chi connectivity index (χ3v) is 12.3. The lowest BCUT2D eigenvalue weighted by Gasteiger charge is -2.67. The zero-order chi connectivity index (χ0) is 45.7. The van der Waals surface area contributed by atoms with E-state index < -0.39 is 138 Å². The van der Waals surface area contributed by atoms with E-state index in [-0.39, 0.29) is 16.8 Å². The van der Waals surface area contributed by atoms with Gasteiger partial charge < -0.3 is 47.7 Å². The Morgan fingerprint density at radius 1 is 0.774 bits per heavy atom. The lowest BCUT2D eigenvalue weighted by molar-refractivity contribution is -0.386. The van der Waals surface area contributed by atoms with Crippen LogP contribution in [-0.2, 0) is 71.4 Å². The van der Waals surface area contributed by atoms with E-state index in [0.717, 1.165) is 47.7 Å². The molecule has 0 amide bonds. The molecule has 1 spiro atoms. The molecule has 0 radical (unpaired) electrons. The van der Waals surface area contributed by atoms with Gasteiger partial charge >= 0.3 is 47.8 Å². The van der Waals surface area contributed by atoms with Gasteiger partial charge in [-0.2, -0.15) is 0 Å². The topological polar surface area (TPSA) is 266 Å². The highest BCUT2D eigenvalue weighted by molar-refractivity contribution is 5.91. The second-order valence-corrected chi connectivity index (χ2v) is 16.4. The van der Waals surface area contributed by atoms with Crippen LogP contribution in [0.3, 0.4) is 0 Å². The second kappa shape index (κ2) is 16.7. The van der Waals surface area contributed by atoms with Gasteiger partial charge in [-0.15, -0.1) is 0 Å². The largest absolute Gasteiger partial charge is 0.465 e. The summed E-state index contributed by atoms with van der Waals surface area (Å²) in [6.45, 7) is 8.60. The predicted octanol–water partition coefficient (Wildman–Crippen LogP) is 1.72. The average molecular weight is 869 g/mol. The first-order chi connectivity index (χ1) is 29.0. The van der Waals surface area contributed by atoms with Crippen molar-refractivity contribution in [3.8, 4) is 0 Å². The third kappa shape index (κ3) is 7.41. The fourth-order valence-corrected chi connectivity index (χ4v) is 9.73. The highest BCUT2D eigenvalue weighted by atomic mass is 16.7. The molecule has 2 aliphatic heterocycles. The van der Waals surface area contributed by atoms with E-state index in [1.165, 1.54) is 50.5 Å². The number of aliphatic hydroxyl groups is 1. The molecule has 1 N–H and O–H groups in total. The molecule has 2 aromatic heterocycles. The lowest BCUT2D eigenvalue weighted by atomic mass is 9.45. The van der Waals surface area contributed by atoms with Gasteiger partial charge in [0, 0.05) is 59.1 Å². The van der Waals surface area contributed by atoms with E-state index in [9.17, 15) is 43.5 Å². The molecule has 6 rings (SSSR count). The molecule has 334 valence electrons. The fraction of sp³-hybridized carbons (Fsp3) is 0.571. The number of carbonyl (C=O) groups is 8. The normalized spacial score (nSPS) is 36.0. The summed E-state index contributed by atoms with van der Waals surface area (Å²) in [4.78, 5) is 118. The van der Waals surface area contributed by atoms with Gasteiger partial charge in [-0.05, 0) is 38.1 Å². The maximum absolute atomic E-state index is 14.6. The number of carbonyl (C=O) groups excluding carboxylic acids is 8. The first-order valence-corrected chi connectivity index (χ1v) is 19.7. The van der Waals surface area contributed by atoms with Crippen LogP contribution in [0, 0.1) is 17.3 Å². The number of esters is 8. The van der Waals surface area contributed by atoms with Crippen molar-refractivity contribution in [2.45, 2.75) is 122 Å². The van der Waals surface area contributed by atoms with Crippen LogP contribution in [0.1, 0.15) is 94.6 Å². The third-order valence-electron chi connectivity index (χ3n) is 12.3. The molecule has 2 aliphatic carbocycles. The number of aromatic nitrogens is 2. The number of nitrogens with zero attached hydrogens (tertiary/aromatic N) is 2. The van der Waals surface area contributed by atoms with Gasteiger partial charge in [-0.1, -0.05) is 13.8 Å². The summed E-state index contributed by atoms with van der Waals surface area (Å²) in [5, 5.41) is 13.7. The van der Waals surface area contributed by atoms with Crippen LogP contribution in [0.2, 0.25) is 0 Å². The van der Waals surface area contributed by atoms with E-state index >= 15 is 0 Å². The van der Waals surface area contributed by atoms with Gasteiger partial charge in [0.1, 0.15) is 42.0 Å². The second-order valence-electron chi connectivity index (χ2n) is 16.4. The Kier molecular flexibility index (Phi) is 12.2. The van der Waals surface area contributed by atoms with Crippen LogP contribution in [0.5, 0.6) is 0 Å². The minimum absolute atomic E-state index is 0.0556. The van der Waals surface area contributed by atoms with Crippen molar-refractivity contribution in [1.29, 1.82) is 0 Å². The summed E-state index contributed by atoms with van der Waals surface area (Å²) in [5.74, 6) is -12.0. The summed E-state index contributed by atoms with van der Waals surface area (Å²) in [6.07, 6.45) is -8.43. The van der Waals surface area contributed by atoms with E-state index in [1.807, 2.05) is 0 Å². The van der Waals surface area contributed by atoms with Crippen LogP contribution < -0.4 is 0 Å². The van der Waals surface area contributed by atoms with Gasteiger partial charge in [-0.25, -0.2) is 9.59 Å². The summed E-state index contributed by atoms with van der Waals surface area (Å²) in [7, 11) is 0. The Balaban J connectivity index is 1.80. The van der Waals surface area contributed by atoms with Crippen molar-refractivity contribution in [3.63, 3.8) is 0 Å². The summed E-state index contributed by atoms with van der Waals surface area (Å²) < 4.78 is 55.3. The molecule has 20 nitrogen and oxygen atoms in total. The highest BCUT2D eigenvalue weighted by Gasteiger charge is 2.92. The van der Waals surface area contributed by atoms with Crippen LogP contribution >= 0.6 is 0 Å². The standard InChI is InChI=1S/C42H48N2O18/c1-19-20(2)36(50)61-33-31(60-37(51)26-12-10-14-43-16-26)35(59-25(7)49)41(18-54-21(3)45)34(58-24(6)48)30(56-22(4)46)28-32(57-23(5)47)42(41,40(33,9)53)62-39(28,8)17-55-38(52)27-13-11-15-44-29(19)27/h10-16,19-20,28,30-35,53H,17-18H2,1-9H3. The molecule has 20 heteroatoms. The zero-order valence-corrected chi connectivity index (χ0v) is 35.4. The predicted molar refractivity (Wildman–Crippen MR) is 203 cm³/mol. The summed E-state index contributed by atoms with van der Waals surface area (Å²) >= 11 is 0. The molecule has 2 saturated carbocycles. The van der Waals surface area contributed by atoms with E-state index in [0.29, 0.717) is 0 Å². The number of fused-ring (bicyclic) bond motifs is 5. The van der Waals surface area contributed by atoms with E-state index in [1.54, 1.807) is 6.92 Å². The zero-order valence-electron chi connectivity index (χ0n) is 35.4. The molecule has 13 unspecified atom stereocenters. The first-order valence-electron chi connectivity index (χ1n) is 19.7. The Morgan fingerprint density at radius 3 is 1.95 bits per heavy atom. The van der Waals surface area contributed by atoms with Crippen molar-refractivity contribution in [2.75, 3.05) is 13.2 Å². The van der Waals surface area contributed by atoms with Gasteiger partial charge in [0.05, 0.1) is 28.7 Å². The SMILES string of the molecule is CC(=O)OCC12C(OC(C)=O)C(OC(C)=O)C3C(OC(C)=O)C14OC3(C)COC(=O)c1cccnc1C(C)C(C)C(=O)OC(C(OC(=O)c1cccnc1)C2OC(C)=O)C4(C)O. The summed E-state index contributed by atoms with van der Waals surface area (Å²) in [5.41, 5.74) is -10.5. The molecule has 1 saturated heterocycles. The Hall–Kier alpha value is -6.02. The van der Waals surface area contributed by atoms with Gasteiger partial charge in [0.15, 0.2) is 30.0 Å². The monoisotopic (exact) mass is 868 g/mol. The Bertz CT molecular complexity index is 2160. The number of hydrogen-bond donors (Lipinski definition) is 1. The van der Waals surface area contributed by atoms with Crippen molar-refractivity contribution in [2.24, 2.45) is 17.3 Å². The maximum Gasteiger partial charge on any atom is 0.340 e. The quantitative estimate of drug-likeness (QED) is 0.292. The fourth-order valence-electron chi connectivity index (χ4n) is 9.73. The Labute approximate surface area is 355 Å². The highest BCUT2D eigenvalue weighted by Crippen LogP contribution is 2.70. The van der Waals surface area contributed by atoms with E-state index in [2.05, 4.69) is 9.97 Å². The number of ether oxygens (including phenoxy) is 9. The lowest BCUT2D eigenvalue weighted by Crippen LogP contribution is -2.89. The smallest absolute Gasteiger partial charge is 0.340 e. The van der Waals surface area contributed by atoms with Gasteiger partial charge in [0.25, 0.3) is 0 Å². The number of cyclic esters (lactones) is 1. The van der Waals surface area contributed by atoms with Crippen LogP contribution in [0.25, 0.3) is 0 Å². The van der Waals surface area contributed by atoms with E-state index in [4.69, 9.17) is 42.6 Å². The first kappa shape index (κ1) is 45.5. The van der Waals surface area contributed by atoms with Crippen LogP contribution in [0.4, 0.5) is 0 Å². The van der Waals surface area contributed by atoms with Crippen molar-refractivity contribution >= 4 is 47.8 Å². The average Bonchev–Trinajstić information content (AvgIpc) is 3.42. The molecule has 62 heavy (non-hydrogen) atoms. The van der Waals surface area contributed by atoms with Gasteiger partial charge in [0.2, 0.25) is 0 Å². The number of hydrogen-bond acceptors (Lipinski definition) is 20. The number of pyridine rings is 2. The van der Waals surface area contributed by atoms with Crippen molar-refractivity contribution < 1.29 is 86.1 Å². The molecule has 4 aliphatic rings.